The van der Waals surface area contributed by atoms with Gasteiger partial charge in [-0.15, -0.1) is 0 Å². The first kappa shape index (κ1) is 8.84. The van der Waals surface area contributed by atoms with Crippen LogP contribution in [0.2, 0.25) is 0 Å². The maximum absolute atomic E-state index is 8.59. The molecule has 0 saturated heterocycles. The highest BCUT2D eigenvalue weighted by atomic mass is 16.5. The molecule has 0 bridgehead atoms. The third-order valence-corrected chi connectivity index (χ3v) is 1.04. The third-order valence-electron chi connectivity index (χ3n) is 1.04. The largest absolute Gasteiger partial charge is 0.392 e. The molecule has 0 aliphatic rings. The Morgan fingerprint density at radius 3 is 2.33 bits per heavy atom. The van der Waals surface area contributed by atoms with Gasteiger partial charge in [0.15, 0.2) is 5.72 Å². The topological polar surface area (TPSA) is 81.5 Å². The van der Waals surface area contributed by atoms with Crippen molar-refractivity contribution in [2.24, 2.45) is 11.5 Å². The Morgan fingerprint density at radius 2 is 2.22 bits per heavy atom. The monoisotopic (exact) mass is 134 g/mol. The quantitative estimate of drug-likeness (QED) is 0.414. The summed E-state index contributed by atoms with van der Waals surface area (Å²) in [4.78, 5) is 0. The summed E-state index contributed by atoms with van der Waals surface area (Å²) in [5, 5.41) is 8.59. The van der Waals surface area contributed by atoms with E-state index in [2.05, 4.69) is 0 Å². The Kier molecular flexibility index (Phi) is 3.72. The van der Waals surface area contributed by atoms with Crippen LogP contribution >= 0.6 is 0 Å². The predicted octanol–water partition coefficient (Wildman–Crippen LogP) is -1.37. The molecule has 56 valence electrons. The lowest BCUT2D eigenvalue weighted by molar-refractivity contribution is -0.0635. The van der Waals surface area contributed by atoms with Crippen LogP contribution in [0.1, 0.15) is 6.92 Å². The molecule has 0 saturated carbocycles. The van der Waals surface area contributed by atoms with Gasteiger partial charge in [-0.3, -0.25) is 0 Å². The minimum Gasteiger partial charge on any atom is -0.392 e. The van der Waals surface area contributed by atoms with Crippen LogP contribution in [0.5, 0.6) is 0 Å². The summed E-state index contributed by atoms with van der Waals surface area (Å²) in [6.45, 7) is 2.16. The van der Waals surface area contributed by atoms with E-state index in [0.29, 0.717) is 6.61 Å². The number of ether oxygens (including phenoxy) is 1. The van der Waals surface area contributed by atoms with Gasteiger partial charge in [-0.25, -0.2) is 0 Å². The highest BCUT2D eigenvalue weighted by Gasteiger charge is 2.21. The van der Waals surface area contributed by atoms with Crippen LogP contribution in [0, 0.1) is 0 Å². The van der Waals surface area contributed by atoms with Crippen molar-refractivity contribution in [3.05, 3.63) is 0 Å². The van der Waals surface area contributed by atoms with Gasteiger partial charge in [0.05, 0.1) is 6.61 Å². The lowest BCUT2D eigenvalue weighted by atomic mass is 10.2. The van der Waals surface area contributed by atoms with E-state index in [1.54, 1.807) is 6.92 Å². The summed E-state index contributed by atoms with van der Waals surface area (Å²) >= 11 is 0. The van der Waals surface area contributed by atoms with Crippen molar-refractivity contribution in [2.45, 2.75) is 12.6 Å². The van der Waals surface area contributed by atoms with Gasteiger partial charge in [-0.2, -0.15) is 0 Å². The molecule has 0 heterocycles. The molecule has 4 nitrogen and oxygen atoms in total. The van der Waals surface area contributed by atoms with Crippen molar-refractivity contribution in [2.75, 3.05) is 19.8 Å². The highest BCUT2D eigenvalue weighted by molar-refractivity contribution is 4.71. The Hall–Kier alpha value is -0.160. The summed E-state index contributed by atoms with van der Waals surface area (Å²) in [5.74, 6) is 0. The second kappa shape index (κ2) is 3.79. The van der Waals surface area contributed by atoms with Crippen molar-refractivity contribution < 1.29 is 9.84 Å². The second-order valence-electron chi connectivity index (χ2n) is 1.86. The van der Waals surface area contributed by atoms with Gasteiger partial charge < -0.3 is 21.3 Å². The fraction of sp³-hybridized carbons (Fsp3) is 1.00. The average molecular weight is 134 g/mol. The molecule has 0 aliphatic carbocycles. The van der Waals surface area contributed by atoms with E-state index < -0.39 is 5.72 Å². The standard InChI is InChI=1S/C5H14N2O2/c1-2-9-5(7,3-6)4-8/h8H,2-4,6-7H2,1H3. The first-order valence-electron chi connectivity index (χ1n) is 2.92. The number of aliphatic hydroxyl groups is 1. The number of rotatable bonds is 4. The van der Waals surface area contributed by atoms with Gasteiger partial charge in [0, 0.05) is 13.2 Å². The van der Waals surface area contributed by atoms with Crippen molar-refractivity contribution in [1.82, 2.24) is 0 Å². The zero-order chi connectivity index (χ0) is 7.33. The van der Waals surface area contributed by atoms with E-state index in [0.717, 1.165) is 0 Å². The fourth-order valence-corrected chi connectivity index (χ4v) is 0.457. The van der Waals surface area contributed by atoms with Crippen molar-refractivity contribution in [3.63, 3.8) is 0 Å². The summed E-state index contributed by atoms with van der Waals surface area (Å²) < 4.78 is 4.93. The number of hydrogen-bond donors (Lipinski definition) is 3. The molecule has 1 unspecified atom stereocenters. The van der Waals surface area contributed by atoms with E-state index in [9.17, 15) is 0 Å². The predicted molar refractivity (Wildman–Crippen MR) is 34.7 cm³/mol. The van der Waals surface area contributed by atoms with Crippen LogP contribution in [-0.2, 0) is 4.74 Å². The van der Waals surface area contributed by atoms with Crippen LogP contribution < -0.4 is 11.5 Å². The number of aliphatic hydroxyl groups excluding tert-OH is 1. The van der Waals surface area contributed by atoms with Gasteiger partial charge in [0.25, 0.3) is 0 Å². The van der Waals surface area contributed by atoms with E-state index in [1.807, 2.05) is 0 Å². The molecule has 0 aliphatic heterocycles. The molecular formula is C5H14N2O2. The minimum atomic E-state index is -1.03. The maximum Gasteiger partial charge on any atom is 0.152 e. The zero-order valence-electron chi connectivity index (χ0n) is 5.63. The molecule has 9 heavy (non-hydrogen) atoms. The average Bonchev–Trinajstić information content (AvgIpc) is 1.89. The maximum atomic E-state index is 8.59. The molecule has 5 N–H and O–H groups in total. The van der Waals surface area contributed by atoms with Crippen LogP contribution in [0.25, 0.3) is 0 Å². The van der Waals surface area contributed by atoms with Gasteiger partial charge in [0.2, 0.25) is 0 Å². The molecule has 0 fully saturated rings. The molecule has 0 aromatic heterocycles. The van der Waals surface area contributed by atoms with E-state index in [4.69, 9.17) is 21.3 Å². The van der Waals surface area contributed by atoms with Crippen molar-refractivity contribution in [1.29, 1.82) is 0 Å². The SMILES string of the molecule is CCOC(N)(CN)CO. The Bertz CT molecular complexity index is 73.4. The normalized spacial score (nSPS) is 17.3. The lowest BCUT2D eigenvalue weighted by Gasteiger charge is -2.24. The summed E-state index contributed by atoms with van der Waals surface area (Å²) in [5.41, 5.74) is 9.57. The first-order valence-corrected chi connectivity index (χ1v) is 2.92. The molecule has 0 aromatic rings. The van der Waals surface area contributed by atoms with Crippen molar-refractivity contribution >= 4 is 0 Å². The van der Waals surface area contributed by atoms with Crippen LogP contribution in [0.15, 0.2) is 0 Å². The smallest absolute Gasteiger partial charge is 0.152 e. The van der Waals surface area contributed by atoms with Crippen LogP contribution in [0.3, 0.4) is 0 Å². The molecule has 0 spiro atoms. The molecule has 0 amide bonds. The van der Waals surface area contributed by atoms with Crippen LogP contribution in [0.4, 0.5) is 0 Å². The molecule has 0 aromatic carbocycles. The Labute approximate surface area is 54.8 Å². The Morgan fingerprint density at radius 1 is 1.67 bits per heavy atom. The third kappa shape index (κ3) is 2.76. The number of nitrogens with two attached hydrogens (primary N) is 2. The van der Waals surface area contributed by atoms with Crippen LogP contribution in [-0.4, -0.2) is 30.6 Å². The second-order valence-corrected chi connectivity index (χ2v) is 1.86. The van der Waals surface area contributed by atoms with Gasteiger partial charge in [-0.1, -0.05) is 0 Å². The van der Waals surface area contributed by atoms with E-state index >= 15 is 0 Å². The van der Waals surface area contributed by atoms with Gasteiger partial charge in [-0.05, 0) is 6.92 Å². The Balaban J connectivity index is 3.62. The molecule has 0 radical (unpaired) electrons. The summed E-state index contributed by atoms with van der Waals surface area (Å²) in [7, 11) is 0. The van der Waals surface area contributed by atoms with E-state index in [1.165, 1.54) is 0 Å². The number of hydrogen-bond acceptors (Lipinski definition) is 4. The van der Waals surface area contributed by atoms with Crippen molar-refractivity contribution in [3.8, 4) is 0 Å². The molecule has 4 heteroatoms. The summed E-state index contributed by atoms with van der Waals surface area (Å²) in [6, 6.07) is 0. The molecule has 0 rings (SSSR count). The zero-order valence-corrected chi connectivity index (χ0v) is 5.63. The molecular weight excluding hydrogens is 120 g/mol. The van der Waals surface area contributed by atoms with Gasteiger partial charge in [0.1, 0.15) is 0 Å². The fourth-order valence-electron chi connectivity index (χ4n) is 0.457. The van der Waals surface area contributed by atoms with E-state index in [-0.39, 0.29) is 13.2 Å². The first-order chi connectivity index (χ1) is 4.18. The summed E-state index contributed by atoms with van der Waals surface area (Å²) in [6.07, 6.45) is 0. The minimum absolute atomic E-state index is 0.136. The highest BCUT2D eigenvalue weighted by Crippen LogP contribution is 1.97. The molecule has 1 atom stereocenters. The lowest BCUT2D eigenvalue weighted by Crippen LogP contribution is -2.52. The van der Waals surface area contributed by atoms with Gasteiger partial charge >= 0.3 is 0 Å².